The van der Waals surface area contributed by atoms with Crippen LogP contribution in [0.2, 0.25) is 5.15 Å². The van der Waals surface area contributed by atoms with Crippen LogP contribution in [0.5, 0.6) is 0 Å². The van der Waals surface area contributed by atoms with E-state index in [4.69, 9.17) is 11.6 Å². The average Bonchev–Trinajstić information content (AvgIpc) is 2.30. The number of hydrogen-bond acceptors (Lipinski definition) is 4. The summed E-state index contributed by atoms with van der Waals surface area (Å²) in [7, 11) is 0. The monoisotopic (exact) mass is 274 g/mol. The SMILES string of the molecule is CCc1c(C)nc(C2CSCCS2)nc1Cl. The second kappa shape index (κ2) is 5.61. The number of aryl methyl sites for hydroxylation is 1. The van der Waals surface area contributed by atoms with Crippen molar-refractivity contribution in [1.29, 1.82) is 0 Å². The lowest BCUT2D eigenvalue weighted by Crippen LogP contribution is -2.12. The molecule has 0 radical (unpaired) electrons. The molecule has 1 aliphatic heterocycles. The smallest absolute Gasteiger partial charge is 0.144 e. The molecule has 88 valence electrons. The Hall–Kier alpha value is 0.0700. The Kier molecular flexibility index (Phi) is 4.39. The van der Waals surface area contributed by atoms with Gasteiger partial charge in [-0.05, 0) is 13.3 Å². The molecule has 0 bridgehead atoms. The maximum absolute atomic E-state index is 6.19. The predicted octanol–water partition coefficient (Wildman–Crippen LogP) is 3.52. The summed E-state index contributed by atoms with van der Waals surface area (Å²) in [5, 5.41) is 1.06. The van der Waals surface area contributed by atoms with Crippen LogP contribution in [-0.4, -0.2) is 27.2 Å². The fourth-order valence-electron chi connectivity index (χ4n) is 1.76. The standard InChI is InChI=1S/C11H15ClN2S2/c1-3-8-7(2)13-11(14-10(8)12)9-6-15-4-5-16-9/h9H,3-6H2,1-2H3. The van der Waals surface area contributed by atoms with Gasteiger partial charge in [-0.1, -0.05) is 18.5 Å². The Morgan fingerprint density at radius 3 is 2.75 bits per heavy atom. The molecule has 5 heteroatoms. The third kappa shape index (κ3) is 2.66. The number of nitrogens with zero attached hydrogens (tertiary/aromatic N) is 2. The molecule has 0 aliphatic carbocycles. The zero-order valence-corrected chi connectivity index (χ0v) is 11.9. The van der Waals surface area contributed by atoms with Gasteiger partial charge in [-0.3, -0.25) is 0 Å². The zero-order chi connectivity index (χ0) is 11.5. The molecule has 1 aliphatic rings. The molecule has 1 atom stereocenters. The Morgan fingerprint density at radius 2 is 2.19 bits per heavy atom. The molecular formula is C11H15ClN2S2. The van der Waals surface area contributed by atoms with E-state index in [1.165, 1.54) is 11.5 Å². The van der Waals surface area contributed by atoms with Crippen molar-refractivity contribution in [3.05, 3.63) is 22.2 Å². The first-order valence-corrected chi connectivity index (χ1v) is 8.02. The number of thioether (sulfide) groups is 2. The molecule has 0 spiro atoms. The normalized spacial score (nSPS) is 21.1. The van der Waals surface area contributed by atoms with Crippen LogP contribution in [0, 0.1) is 6.92 Å². The van der Waals surface area contributed by atoms with Gasteiger partial charge in [0.05, 0.1) is 5.25 Å². The van der Waals surface area contributed by atoms with E-state index in [9.17, 15) is 0 Å². The lowest BCUT2D eigenvalue weighted by atomic mass is 10.2. The number of aromatic nitrogens is 2. The summed E-state index contributed by atoms with van der Waals surface area (Å²) in [6.07, 6.45) is 0.900. The van der Waals surface area contributed by atoms with Crippen molar-refractivity contribution in [1.82, 2.24) is 9.97 Å². The summed E-state index contributed by atoms with van der Waals surface area (Å²) < 4.78 is 0. The second-order valence-corrected chi connectivity index (χ2v) is 6.54. The van der Waals surface area contributed by atoms with Gasteiger partial charge in [0.1, 0.15) is 11.0 Å². The van der Waals surface area contributed by atoms with Gasteiger partial charge in [0.2, 0.25) is 0 Å². The Bertz CT molecular complexity index is 355. The molecular weight excluding hydrogens is 260 g/mol. The van der Waals surface area contributed by atoms with Crippen molar-refractivity contribution in [2.75, 3.05) is 17.3 Å². The Labute approximate surface area is 110 Å². The Balaban J connectivity index is 2.28. The van der Waals surface area contributed by atoms with Gasteiger partial charge in [0, 0.05) is 28.5 Å². The Morgan fingerprint density at radius 1 is 1.38 bits per heavy atom. The van der Waals surface area contributed by atoms with Crippen LogP contribution in [-0.2, 0) is 6.42 Å². The molecule has 1 unspecified atom stereocenters. The zero-order valence-electron chi connectivity index (χ0n) is 9.49. The molecule has 1 saturated heterocycles. The minimum absolute atomic E-state index is 0.417. The first kappa shape index (κ1) is 12.5. The van der Waals surface area contributed by atoms with E-state index in [-0.39, 0.29) is 0 Å². The van der Waals surface area contributed by atoms with E-state index in [1.807, 2.05) is 30.4 Å². The van der Waals surface area contributed by atoms with Crippen LogP contribution >= 0.6 is 35.1 Å². The van der Waals surface area contributed by atoms with E-state index >= 15 is 0 Å². The fourth-order valence-corrected chi connectivity index (χ4v) is 4.72. The van der Waals surface area contributed by atoms with Gasteiger partial charge in [0.25, 0.3) is 0 Å². The molecule has 16 heavy (non-hydrogen) atoms. The lowest BCUT2D eigenvalue weighted by Gasteiger charge is -2.20. The van der Waals surface area contributed by atoms with Crippen molar-refractivity contribution >= 4 is 35.1 Å². The maximum atomic E-state index is 6.19. The molecule has 1 fully saturated rings. The third-order valence-corrected chi connectivity index (χ3v) is 5.70. The fraction of sp³-hybridized carbons (Fsp3) is 0.636. The van der Waals surface area contributed by atoms with E-state index in [1.54, 1.807) is 0 Å². The van der Waals surface area contributed by atoms with Gasteiger partial charge < -0.3 is 0 Å². The number of rotatable bonds is 2. The maximum Gasteiger partial charge on any atom is 0.144 e. The van der Waals surface area contributed by atoms with Crippen LogP contribution in [0.25, 0.3) is 0 Å². The molecule has 2 nitrogen and oxygen atoms in total. The van der Waals surface area contributed by atoms with Crippen LogP contribution in [0.3, 0.4) is 0 Å². The first-order valence-electron chi connectivity index (χ1n) is 5.44. The van der Waals surface area contributed by atoms with Gasteiger partial charge >= 0.3 is 0 Å². The van der Waals surface area contributed by atoms with Gasteiger partial charge in [-0.2, -0.15) is 11.8 Å². The van der Waals surface area contributed by atoms with Crippen LogP contribution in [0.15, 0.2) is 0 Å². The molecule has 0 N–H and O–H groups in total. The van der Waals surface area contributed by atoms with E-state index in [2.05, 4.69) is 16.9 Å². The highest BCUT2D eigenvalue weighted by molar-refractivity contribution is 8.06. The summed E-state index contributed by atoms with van der Waals surface area (Å²) in [4.78, 5) is 9.05. The molecule has 0 saturated carbocycles. The first-order chi connectivity index (χ1) is 7.72. The molecule has 1 aromatic rings. The van der Waals surface area contributed by atoms with Crippen molar-refractivity contribution in [2.45, 2.75) is 25.5 Å². The van der Waals surface area contributed by atoms with Gasteiger partial charge in [0.15, 0.2) is 0 Å². The predicted molar refractivity (Wildman–Crippen MR) is 73.7 cm³/mol. The summed E-state index contributed by atoms with van der Waals surface area (Å²) in [5.74, 6) is 4.44. The minimum Gasteiger partial charge on any atom is -0.237 e. The van der Waals surface area contributed by atoms with Crippen molar-refractivity contribution < 1.29 is 0 Å². The highest BCUT2D eigenvalue weighted by Crippen LogP contribution is 2.35. The van der Waals surface area contributed by atoms with Gasteiger partial charge in [-0.25, -0.2) is 9.97 Å². The molecule has 1 aromatic heterocycles. The summed E-state index contributed by atoms with van der Waals surface area (Å²) in [6, 6.07) is 0. The summed E-state index contributed by atoms with van der Waals surface area (Å²) >= 11 is 10.1. The van der Waals surface area contributed by atoms with Crippen LogP contribution in [0.1, 0.15) is 29.3 Å². The van der Waals surface area contributed by atoms with Crippen molar-refractivity contribution in [2.24, 2.45) is 0 Å². The molecule has 0 aromatic carbocycles. The van der Waals surface area contributed by atoms with Gasteiger partial charge in [-0.15, -0.1) is 11.8 Å². The molecule has 2 rings (SSSR count). The van der Waals surface area contributed by atoms with E-state index in [0.717, 1.165) is 29.3 Å². The summed E-state index contributed by atoms with van der Waals surface area (Å²) in [6.45, 7) is 4.11. The molecule has 0 amide bonds. The largest absolute Gasteiger partial charge is 0.237 e. The number of halogens is 1. The van der Waals surface area contributed by atoms with E-state index < -0.39 is 0 Å². The van der Waals surface area contributed by atoms with E-state index in [0.29, 0.717) is 10.4 Å². The van der Waals surface area contributed by atoms with Crippen LogP contribution < -0.4 is 0 Å². The average molecular weight is 275 g/mol. The van der Waals surface area contributed by atoms with Crippen molar-refractivity contribution in [3.8, 4) is 0 Å². The lowest BCUT2D eigenvalue weighted by molar-refractivity contribution is 0.877. The number of hydrogen-bond donors (Lipinski definition) is 0. The van der Waals surface area contributed by atoms with Crippen LogP contribution in [0.4, 0.5) is 0 Å². The topological polar surface area (TPSA) is 25.8 Å². The third-order valence-electron chi connectivity index (χ3n) is 2.64. The van der Waals surface area contributed by atoms with Crippen molar-refractivity contribution in [3.63, 3.8) is 0 Å². The quantitative estimate of drug-likeness (QED) is 0.771. The molecule has 2 heterocycles. The second-order valence-electron chi connectivity index (χ2n) is 3.72. The summed E-state index contributed by atoms with van der Waals surface area (Å²) in [5.41, 5.74) is 2.12. The highest BCUT2D eigenvalue weighted by Gasteiger charge is 2.21. The highest BCUT2D eigenvalue weighted by atomic mass is 35.5. The minimum atomic E-state index is 0.417.